The van der Waals surface area contributed by atoms with Crippen LogP contribution in [0.1, 0.15) is 115 Å². The van der Waals surface area contributed by atoms with Gasteiger partial charge in [-0.3, -0.25) is 24.7 Å². The Labute approximate surface area is 318 Å². The minimum atomic E-state index is -1.52. The van der Waals surface area contributed by atoms with Gasteiger partial charge in [0, 0.05) is 5.02 Å². The van der Waals surface area contributed by atoms with Crippen molar-refractivity contribution < 1.29 is 23.9 Å². The summed E-state index contributed by atoms with van der Waals surface area (Å²) in [6, 6.07) is 12.0. The first-order valence-corrected chi connectivity index (χ1v) is 18.9. The molecule has 0 aliphatic carbocycles. The van der Waals surface area contributed by atoms with E-state index in [1.165, 1.54) is 94.2 Å². The number of nitrogens with zero attached hydrogens (tertiary/aromatic N) is 3. The number of aliphatic imine (C=N–C) groups is 1. The second-order valence-corrected chi connectivity index (χ2v) is 14.3. The average molecular weight is 775 g/mol. The molecule has 2 aliphatic rings. The fourth-order valence-electron chi connectivity index (χ4n) is 6.19. The lowest BCUT2D eigenvalue weighted by Gasteiger charge is -2.21. The van der Waals surface area contributed by atoms with E-state index >= 15 is 0 Å². The monoisotopic (exact) mass is 772 g/mol. The Morgan fingerprint density at radius 3 is 1.84 bits per heavy atom. The lowest BCUT2D eigenvalue weighted by molar-refractivity contribution is -0.119. The number of esters is 1. The predicted molar refractivity (Wildman–Crippen MR) is 203 cm³/mol. The van der Waals surface area contributed by atoms with Crippen LogP contribution in [0.4, 0.5) is 11.4 Å². The molecule has 2 heterocycles. The second-order valence-electron chi connectivity index (χ2n) is 12.6. The Morgan fingerprint density at radius 1 is 0.745 bits per heavy atom. The van der Waals surface area contributed by atoms with Crippen molar-refractivity contribution in [3.8, 4) is 0 Å². The van der Waals surface area contributed by atoms with Crippen molar-refractivity contribution in [1.29, 1.82) is 0 Å². The van der Waals surface area contributed by atoms with Gasteiger partial charge in [-0.1, -0.05) is 136 Å². The normalized spacial score (nSPS) is 16.3. The molecule has 1 saturated heterocycles. The summed E-state index contributed by atoms with van der Waals surface area (Å²) < 4.78 is 5.48. The van der Waals surface area contributed by atoms with Crippen LogP contribution in [0.5, 0.6) is 0 Å². The highest BCUT2D eigenvalue weighted by molar-refractivity contribution is 6.42. The molecule has 3 amide bonds. The summed E-state index contributed by atoms with van der Waals surface area (Å²) in [5.41, 5.74) is 3.50. The number of benzene rings is 3. The SMILES string of the molecule is CCCCCCCCCCCCCCOC(=O)c1cc(Cl)c(N2NC(=Nc3ccc(Cl)cc3Cl)C(N3C(=O)c4ccccc4C3=O)C2=O)c(Cl)c1. The maximum absolute atomic E-state index is 14.1. The Kier molecular flexibility index (Phi) is 13.8. The van der Waals surface area contributed by atoms with Gasteiger partial charge in [-0.05, 0) is 48.9 Å². The molecule has 3 aromatic rings. The minimum absolute atomic E-state index is 0.00476. The number of amidine groups is 1. The third kappa shape index (κ3) is 9.24. The molecule has 0 aromatic heterocycles. The van der Waals surface area contributed by atoms with Crippen LogP contribution < -0.4 is 10.4 Å². The molecule has 13 heteroatoms. The van der Waals surface area contributed by atoms with E-state index in [4.69, 9.17) is 51.1 Å². The van der Waals surface area contributed by atoms with Crippen molar-refractivity contribution in [2.75, 3.05) is 11.6 Å². The summed E-state index contributed by atoms with van der Waals surface area (Å²) in [5, 5.41) is 1.44. The fraction of sp³-hybridized carbons (Fsp3) is 0.395. The van der Waals surface area contributed by atoms with E-state index in [9.17, 15) is 19.2 Å². The molecule has 0 radical (unpaired) electrons. The predicted octanol–water partition coefficient (Wildman–Crippen LogP) is 10.4. The number of anilines is 1. The molecule has 3 aromatic carbocycles. The standard InChI is InChI=1S/C38H40Cl4N4O5/c1-2-3-4-5-6-7-8-9-10-11-12-15-20-51-38(50)24-21-29(41)32(30(42)22-24)46-37(49)33(34(44-46)43-31-19-18-25(39)23-28(31)40)45-35(47)26-16-13-14-17-27(26)36(45)48/h13-14,16-19,21-23,33H,2-12,15,20H2,1H3,(H,43,44). The number of ether oxygens (including phenoxy) is 1. The van der Waals surface area contributed by atoms with Gasteiger partial charge in [0.05, 0.1) is 44.1 Å². The van der Waals surface area contributed by atoms with Crippen LogP contribution in [0.3, 0.4) is 0 Å². The molecule has 1 N–H and O–H groups in total. The number of imide groups is 1. The van der Waals surface area contributed by atoms with Crippen molar-refractivity contribution >= 4 is 87.3 Å². The summed E-state index contributed by atoms with van der Waals surface area (Å²) in [6.07, 6.45) is 14.4. The van der Waals surface area contributed by atoms with Crippen LogP contribution in [0, 0.1) is 0 Å². The third-order valence-electron chi connectivity index (χ3n) is 8.88. The average Bonchev–Trinajstić information content (AvgIpc) is 3.54. The first-order chi connectivity index (χ1) is 24.6. The smallest absolute Gasteiger partial charge is 0.338 e. The third-order valence-corrected chi connectivity index (χ3v) is 10.00. The zero-order valence-corrected chi connectivity index (χ0v) is 31.4. The van der Waals surface area contributed by atoms with Gasteiger partial charge in [0.25, 0.3) is 17.7 Å². The highest BCUT2D eigenvalue weighted by atomic mass is 35.5. The zero-order chi connectivity index (χ0) is 36.5. The molecule has 5 rings (SSSR count). The van der Waals surface area contributed by atoms with Gasteiger partial charge in [0.15, 0.2) is 11.9 Å². The molecule has 0 bridgehead atoms. The van der Waals surface area contributed by atoms with Crippen molar-refractivity contribution in [1.82, 2.24) is 10.3 Å². The van der Waals surface area contributed by atoms with Gasteiger partial charge in [-0.2, -0.15) is 0 Å². The summed E-state index contributed by atoms with van der Waals surface area (Å²) in [6.45, 7) is 2.49. The number of rotatable bonds is 17. The first-order valence-electron chi connectivity index (χ1n) is 17.4. The second kappa shape index (κ2) is 18.2. The molecule has 2 aliphatic heterocycles. The number of carbonyl (C=O) groups is 4. The number of hydrazine groups is 1. The van der Waals surface area contributed by atoms with E-state index in [1.807, 2.05) is 0 Å². The van der Waals surface area contributed by atoms with Gasteiger partial charge in [-0.15, -0.1) is 0 Å². The molecular weight excluding hydrogens is 734 g/mol. The van der Waals surface area contributed by atoms with Crippen molar-refractivity contribution in [2.24, 2.45) is 4.99 Å². The summed E-state index contributed by atoms with van der Waals surface area (Å²) in [7, 11) is 0. The van der Waals surface area contributed by atoms with Crippen LogP contribution >= 0.6 is 46.4 Å². The van der Waals surface area contributed by atoms with Crippen LogP contribution in [-0.4, -0.2) is 47.1 Å². The summed E-state index contributed by atoms with van der Waals surface area (Å²) >= 11 is 25.7. The van der Waals surface area contributed by atoms with Crippen LogP contribution in [-0.2, 0) is 9.53 Å². The van der Waals surface area contributed by atoms with Gasteiger partial charge >= 0.3 is 5.97 Å². The highest BCUT2D eigenvalue weighted by Crippen LogP contribution is 2.38. The summed E-state index contributed by atoms with van der Waals surface area (Å²) in [5.74, 6) is -2.79. The van der Waals surface area contributed by atoms with Crippen molar-refractivity contribution in [3.63, 3.8) is 0 Å². The molecule has 0 saturated carbocycles. The van der Waals surface area contributed by atoms with E-state index in [2.05, 4.69) is 17.3 Å². The topological polar surface area (TPSA) is 108 Å². The van der Waals surface area contributed by atoms with Gasteiger partial charge < -0.3 is 4.74 Å². The minimum Gasteiger partial charge on any atom is -0.462 e. The number of nitrogens with one attached hydrogen (secondary N) is 1. The molecule has 1 fully saturated rings. The number of hydrogen-bond donors (Lipinski definition) is 1. The van der Waals surface area contributed by atoms with Crippen LogP contribution in [0.15, 0.2) is 59.6 Å². The van der Waals surface area contributed by atoms with Crippen molar-refractivity contribution in [2.45, 2.75) is 90.0 Å². The molecule has 0 spiro atoms. The van der Waals surface area contributed by atoms with Crippen LogP contribution in [0.25, 0.3) is 0 Å². The van der Waals surface area contributed by atoms with Gasteiger partial charge in [0.1, 0.15) is 5.69 Å². The maximum atomic E-state index is 14.1. The molecular formula is C38H40Cl4N4O5. The highest BCUT2D eigenvalue weighted by Gasteiger charge is 2.51. The van der Waals surface area contributed by atoms with Crippen molar-refractivity contribution in [3.05, 3.63) is 91.4 Å². The lowest BCUT2D eigenvalue weighted by Crippen LogP contribution is -2.48. The molecule has 1 unspecified atom stereocenters. The van der Waals surface area contributed by atoms with Gasteiger partial charge in [-0.25, -0.2) is 14.8 Å². The van der Waals surface area contributed by atoms with E-state index in [-0.39, 0.29) is 55.6 Å². The number of fused-ring (bicyclic) bond motifs is 1. The first kappa shape index (κ1) is 38.6. The Balaban J connectivity index is 1.25. The van der Waals surface area contributed by atoms with E-state index in [0.717, 1.165) is 29.2 Å². The van der Waals surface area contributed by atoms with E-state index in [0.29, 0.717) is 5.02 Å². The Morgan fingerprint density at radius 2 is 1.29 bits per heavy atom. The number of unbranched alkanes of at least 4 members (excludes halogenated alkanes) is 11. The molecule has 270 valence electrons. The Bertz CT molecular complexity index is 1760. The zero-order valence-electron chi connectivity index (χ0n) is 28.4. The quantitative estimate of drug-likeness (QED) is 0.0831. The fourth-order valence-corrected chi connectivity index (χ4v) is 7.29. The largest absolute Gasteiger partial charge is 0.462 e. The lowest BCUT2D eigenvalue weighted by atomic mass is 10.1. The molecule has 9 nitrogen and oxygen atoms in total. The number of amides is 3. The number of halogens is 4. The van der Waals surface area contributed by atoms with Gasteiger partial charge in [0.2, 0.25) is 0 Å². The number of carbonyl (C=O) groups excluding carboxylic acids is 4. The molecule has 51 heavy (non-hydrogen) atoms. The Hall–Kier alpha value is -3.63. The number of hydrogen-bond acceptors (Lipinski definition) is 6. The summed E-state index contributed by atoms with van der Waals surface area (Å²) in [4.78, 5) is 59.4. The van der Waals surface area contributed by atoms with Crippen LogP contribution in [0.2, 0.25) is 20.1 Å². The molecule has 1 atom stereocenters. The van der Waals surface area contributed by atoms with E-state index < -0.39 is 29.7 Å². The van der Waals surface area contributed by atoms with E-state index in [1.54, 1.807) is 18.2 Å². The maximum Gasteiger partial charge on any atom is 0.338 e.